The Kier molecular flexibility index (Phi) is 4.44. The number of pyridine rings is 1. The Morgan fingerprint density at radius 2 is 1.60 bits per heavy atom. The van der Waals surface area contributed by atoms with Gasteiger partial charge in [-0.3, -0.25) is 9.59 Å². The predicted molar refractivity (Wildman–Crippen MR) is 113 cm³/mol. The van der Waals surface area contributed by atoms with Crippen LogP contribution in [0.5, 0.6) is 11.5 Å². The van der Waals surface area contributed by atoms with E-state index in [9.17, 15) is 9.59 Å². The molecular weight excluding hydrogens is 380 g/mol. The number of fused-ring (bicyclic) bond motifs is 2. The summed E-state index contributed by atoms with van der Waals surface area (Å²) in [5, 5.41) is 2.69. The molecule has 1 N–H and O–H groups in total. The molecule has 30 heavy (non-hydrogen) atoms. The molecule has 0 unspecified atom stereocenters. The molecule has 0 spiro atoms. The second kappa shape index (κ2) is 7.40. The highest BCUT2D eigenvalue weighted by molar-refractivity contribution is 6.47. The molecule has 0 aliphatic carbocycles. The van der Waals surface area contributed by atoms with E-state index in [0.29, 0.717) is 41.7 Å². The molecule has 6 heteroatoms. The molecule has 3 heterocycles. The Balaban J connectivity index is 1.51. The van der Waals surface area contributed by atoms with E-state index in [2.05, 4.69) is 5.32 Å². The fraction of sp³-hybridized carbons (Fsp3) is 0.0833. The second-order valence-electron chi connectivity index (χ2n) is 6.91. The third kappa shape index (κ3) is 3.18. The molecule has 2 aromatic carbocycles. The van der Waals surface area contributed by atoms with Crippen molar-refractivity contribution < 1.29 is 19.1 Å². The highest BCUT2D eigenvalue weighted by Crippen LogP contribution is 2.33. The number of hydrogen-bond acceptors (Lipinski definition) is 4. The molecule has 4 aromatic rings. The zero-order valence-electron chi connectivity index (χ0n) is 16.0. The van der Waals surface area contributed by atoms with Gasteiger partial charge in [-0.15, -0.1) is 0 Å². The van der Waals surface area contributed by atoms with Crippen LogP contribution in [0.15, 0.2) is 79.0 Å². The number of nitrogens with one attached hydrogen (secondary N) is 1. The van der Waals surface area contributed by atoms with Crippen molar-refractivity contribution in [2.45, 2.75) is 0 Å². The first-order chi connectivity index (χ1) is 14.7. The van der Waals surface area contributed by atoms with E-state index in [-0.39, 0.29) is 0 Å². The van der Waals surface area contributed by atoms with Gasteiger partial charge >= 0.3 is 0 Å². The van der Waals surface area contributed by atoms with Crippen LogP contribution in [-0.2, 0) is 4.79 Å². The summed E-state index contributed by atoms with van der Waals surface area (Å²) in [5.74, 6) is -0.165. The number of amides is 1. The first-order valence-corrected chi connectivity index (χ1v) is 9.61. The van der Waals surface area contributed by atoms with Crippen LogP contribution in [-0.4, -0.2) is 29.3 Å². The van der Waals surface area contributed by atoms with E-state index >= 15 is 0 Å². The maximum absolute atomic E-state index is 13.2. The molecule has 0 saturated heterocycles. The average molecular weight is 398 g/mol. The number of anilines is 1. The standard InChI is InChI=1S/C24H18N2O4/c27-23(24(28)25-17-9-10-20-21(14-17)30-13-12-29-20)22-19(16-6-2-1-3-7-16)15-18-8-4-5-11-26(18)22/h1-11,14-15H,12-13H2,(H,25,28). The minimum Gasteiger partial charge on any atom is -0.486 e. The number of carbonyl (C=O) groups is 2. The van der Waals surface area contributed by atoms with Crippen molar-refractivity contribution in [1.29, 1.82) is 0 Å². The zero-order valence-corrected chi connectivity index (χ0v) is 16.0. The Bertz CT molecular complexity index is 1260. The van der Waals surface area contributed by atoms with Gasteiger partial charge in [0, 0.05) is 29.0 Å². The number of benzene rings is 2. The van der Waals surface area contributed by atoms with Gasteiger partial charge in [0.1, 0.15) is 18.9 Å². The number of Topliss-reactive ketones (excluding diaryl/α,β-unsaturated/α-hetero) is 1. The van der Waals surface area contributed by atoms with Crippen molar-refractivity contribution in [2.24, 2.45) is 0 Å². The summed E-state index contributed by atoms with van der Waals surface area (Å²) in [6.45, 7) is 0.931. The first-order valence-electron chi connectivity index (χ1n) is 9.61. The summed E-state index contributed by atoms with van der Waals surface area (Å²) in [6, 6.07) is 22.2. The molecular formula is C24H18N2O4. The molecule has 6 nitrogen and oxygen atoms in total. The van der Waals surface area contributed by atoms with Gasteiger partial charge in [0.2, 0.25) is 0 Å². The van der Waals surface area contributed by atoms with Gasteiger partial charge in [-0.1, -0.05) is 36.4 Å². The van der Waals surface area contributed by atoms with Crippen molar-refractivity contribution in [3.63, 3.8) is 0 Å². The quantitative estimate of drug-likeness (QED) is 0.413. The summed E-state index contributed by atoms with van der Waals surface area (Å²) in [6.07, 6.45) is 1.78. The Hall–Kier alpha value is -4.06. The normalized spacial score (nSPS) is 12.5. The summed E-state index contributed by atoms with van der Waals surface area (Å²) in [5.41, 5.74) is 3.22. The van der Waals surface area contributed by atoms with E-state index in [1.54, 1.807) is 28.8 Å². The maximum Gasteiger partial charge on any atom is 0.298 e. The minimum absolute atomic E-state index is 0.326. The van der Waals surface area contributed by atoms with Gasteiger partial charge in [0.15, 0.2) is 11.5 Å². The van der Waals surface area contributed by atoms with Gasteiger partial charge in [-0.25, -0.2) is 0 Å². The van der Waals surface area contributed by atoms with Gasteiger partial charge in [0.05, 0.1) is 0 Å². The average Bonchev–Trinajstić information content (AvgIpc) is 3.18. The summed E-state index contributed by atoms with van der Waals surface area (Å²) >= 11 is 0. The Morgan fingerprint density at radius 3 is 2.43 bits per heavy atom. The number of nitrogens with zero attached hydrogens (tertiary/aromatic N) is 1. The lowest BCUT2D eigenvalue weighted by Gasteiger charge is -2.18. The molecule has 0 atom stereocenters. The number of rotatable bonds is 4. The van der Waals surface area contributed by atoms with Crippen LogP contribution < -0.4 is 14.8 Å². The van der Waals surface area contributed by atoms with E-state index in [1.165, 1.54) is 0 Å². The molecule has 2 aromatic heterocycles. The molecule has 0 saturated carbocycles. The van der Waals surface area contributed by atoms with E-state index in [0.717, 1.165) is 11.1 Å². The fourth-order valence-corrected chi connectivity index (χ4v) is 3.61. The first kappa shape index (κ1) is 18.0. The van der Waals surface area contributed by atoms with Crippen LogP contribution in [0.4, 0.5) is 5.69 Å². The molecule has 1 aliphatic rings. The largest absolute Gasteiger partial charge is 0.486 e. The molecule has 0 radical (unpaired) electrons. The van der Waals surface area contributed by atoms with Crippen molar-refractivity contribution >= 4 is 22.9 Å². The van der Waals surface area contributed by atoms with E-state index in [1.807, 2.05) is 54.6 Å². The molecule has 0 fully saturated rings. The lowest BCUT2D eigenvalue weighted by Crippen LogP contribution is -2.25. The van der Waals surface area contributed by atoms with Crippen LogP contribution in [0.3, 0.4) is 0 Å². The number of hydrogen-bond donors (Lipinski definition) is 1. The second-order valence-corrected chi connectivity index (χ2v) is 6.91. The van der Waals surface area contributed by atoms with Crippen LogP contribution in [0.1, 0.15) is 10.5 Å². The number of ether oxygens (including phenoxy) is 2. The van der Waals surface area contributed by atoms with Crippen molar-refractivity contribution in [3.05, 3.63) is 84.7 Å². The smallest absolute Gasteiger partial charge is 0.298 e. The lowest BCUT2D eigenvalue weighted by molar-refractivity contribution is -0.112. The monoisotopic (exact) mass is 398 g/mol. The molecule has 148 valence electrons. The summed E-state index contributed by atoms with van der Waals surface area (Å²) in [7, 11) is 0. The number of aromatic nitrogens is 1. The summed E-state index contributed by atoms with van der Waals surface area (Å²) in [4.78, 5) is 26.1. The van der Waals surface area contributed by atoms with Crippen LogP contribution >= 0.6 is 0 Å². The van der Waals surface area contributed by atoms with Crippen molar-refractivity contribution in [2.75, 3.05) is 18.5 Å². The number of carbonyl (C=O) groups excluding carboxylic acids is 2. The Labute approximate surface area is 172 Å². The van der Waals surface area contributed by atoms with Crippen LogP contribution in [0, 0.1) is 0 Å². The van der Waals surface area contributed by atoms with Crippen molar-refractivity contribution in [1.82, 2.24) is 4.40 Å². The Morgan fingerprint density at radius 1 is 0.833 bits per heavy atom. The highest BCUT2D eigenvalue weighted by atomic mass is 16.6. The van der Waals surface area contributed by atoms with Crippen LogP contribution in [0.2, 0.25) is 0 Å². The van der Waals surface area contributed by atoms with Crippen LogP contribution in [0.25, 0.3) is 16.6 Å². The van der Waals surface area contributed by atoms with Crippen molar-refractivity contribution in [3.8, 4) is 22.6 Å². The number of ketones is 1. The predicted octanol–water partition coefficient (Wildman–Crippen LogP) is 4.20. The van der Waals surface area contributed by atoms with Gasteiger partial charge in [-0.05, 0) is 35.9 Å². The molecule has 0 bridgehead atoms. The highest BCUT2D eigenvalue weighted by Gasteiger charge is 2.25. The molecule has 1 amide bonds. The summed E-state index contributed by atoms with van der Waals surface area (Å²) < 4.78 is 12.8. The van der Waals surface area contributed by atoms with Gasteiger partial charge < -0.3 is 19.2 Å². The van der Waals surface area contributed by atoms with E-state index < -0.39 is 11.7 Å². The zero-order chi connectivity index (χ0) is 20.5. The third-order valence-corrected chi connectivity index (χ3v) is 4.99. The van der Waals surface area contributed by atoms with E-state index in [4.69, 9.17) is 9.47 Å². The SMILES string of the molecule is O=C(Nc1ccc2c(c1)OCCO2)C(=O)c1c(-c2ccccc2)cc2ccccn12. The molecule has 1 aliphatic heterocycles. The minimum atomic E-state index is -0.715. The topological polar surface area (TPSA) is 69.0 Å². The van der Waals surface area contributed by atoms with Gasteiger partial charge in [-0.2, -0.15) is 0 Å². The lowest BCUT2D eigenvalue weighted by atomic mass is 10.0. The fourth-order valence-electron chi connectivity index (χ4n) is 3.61. The third-order valence-electron chi connectivity index (χ3n) is 4.99. The van der Waals surface area contributed by atoms with Gasteiger partial charge in [0.25, 0.3) is 11.7 Å². The molecule has 5 rings (SSSR count). The maximum atomic E-state index is 13.2.